The number of nitrogens with zero attached hydrogens (tertiary/aromatic N) is 2. The number of aryl methyl sites for hydroxylation is 3. The summed E-state index contributed by atoms with van der Waals surface area (Å²) >= 11 is 0. The van der Waals surface area contributed by atoms with E-state index in [9.17, 15) is 9.59 Å². The summed E-state index contributed by atoms with van der Waals surface area (Å²) in [6, 6.07) is 5.74. The molecule has 2 aromatic rings. The maximum absolute atomic E-state index is 11.8. The lowest BCUT2D eigenvalue weighted by Gasteiger charge is -2.27. The molecule has 5 heteroatoms. The number of nitrogen functional groups attached to an aromatic ring is 1. The zero-order chi connectivity index (χ0) is 16.0. The van der Waals surface area contributed by atoms with Crippen molar-refractivity contribution >= 4 is 17.3 Å². The number of benzene rings is 1. The Hall–Kier alpha value is -2.56. The summed E-state index contributed by atoms with van der Waals surface area (Å²) in [6.45, 7) is 1.80. The summed E-state index contributed by atoms with van der Waals surface area (Å²) in [5.74, 6) is 0.109. The molecule has 0 atom stereocenters. The lowest BCUT2D eigenvalue weighted by Crippen LogP contribution is -2.31. The lowest BCUT2D eigenvalue weighted by atomic mass is 9.95. The molecule has 0 saturated heterocycles. The van der Waals surface area contributed by atoms with Crippen LogP contribution in [0.4, 0.5) is 11.4 Å². The lowest BCUT2D eigenvalue weighted by molar-refractivity contribution is -0.118. The quantitative estimate of drug-likeness (QED) is 0.817. The number of rotatable bonds is 1. The van der Waals surface area contributed by atoms with Gasteiger partial charge >= 0.3 is 0 Å². The third-order valence-corrected chi connectivity index (χ3v) is 4.27. The molecule has 0 saturated carbocycles. The van der Waals surface area contributed by atoms with Gasteiger partial charge in [0.2, 0.25) is 5.91 Å². The first kappa shape index (κ1) is 14.4. The highest BCUT2D eigenvalue weighted by Gasteiger charge is 2.22. The Morgan fingerprint density at radius 3 is 2.50 bits per heavy atom. The van der Waals surface area contributed by atoms with Gasteiger partial charge in [-0.05, 0) is 37.1 Å². The van der Waals surface area contributed by atoms with Crippen LogP contribution >= 0.6 is 0 Å². The van der Waals surface area contributed by atoms with Crippen LogP contribution in [-0.4, -0.2) is 17.5 Å². The van der Waals surface area contributed by atoms with Crippen LogP contribution in [0.25, 0.3) is 11.1 Å². The average molecular weight is 297 g/mol. The minimum atomic E-state index is -0.00869. The second kappa shape index (κ2) is 5.02. The number of pyridine rings is 1. The zero-order valence-electron chi connectivity index (χ0n) is 13.0. The van der Waals surface area contributed by atoms with Crippen molar-refractivity contribution < 1.29 is 4.79 Å². The Morgan fingerprint density at radius 2 is 1.82 bits per heavy atom. The Balaban J connectivity index is 2.18. The predicted molar refractivity (Wildman–Crippen MR) is 88.0 cm³/mol. The fourth-order valence-electron chi connectivity index (χ4n) is 2.98. The molecule has 114 valence electrons. The molecule has 1 aliphatic rings. The highest BCUT2D eigenvalue weighted by atomic mass is 16.2. The molecular formula is C17H19N3O2. The molecule has 0 radical (unpaired) electrons. The highest BCUT2D eigenvalue weighted by Crippen LogP contribution is 2.35. The van der Waals surface area contributed by atoms with Gasteiger partial charge in [-0.15, -0.1) is 0 Å². The molecule has 0 spiro atoms. The summed E-state index contributed by atoms with van der Waals surface area (Å²) in [6.07, 6.45) is 3.03. The van der Waals surface area contributed by atoms with Crippen molar-refractivity contribution in [2.45, 2.75) is 19.8 Å². The van der Waals surface area contributed by atoms with Crippen molar-refractivity contribution in [3.63, 3.8) is 0 Å². The van der Waals surface area contributed by atoms with Crippen LogP contribution in [0.5, 0.6) is 0 Å². The van der Waals surface area contributed by atoms with Gasteiger partial charge in [0.15, 0.2) is 0 Å². The Kier molecular flexibility index (Phi) is 3.28. The van der Waals surface area contributed by atoms with E-state index < -0.39 is 0 Å². The van der Waals surface area contributed by atoms with Gasteiger partial charge in [-0.3, -0.25) is 9.59 Å². The van der Waals surface area contributed by atoms with Crippen LogP contribution < -0.4 is 16.2 Å². The molecule has 2 heterocycles. The standard InChI is InChI=1S/C17H19N3O2/c1-10-6-12(9-19(2)17(10)22)13-7-11-4-5-16(21)20(3)15(11)8-14(13)18/h6-9H,4-5,18H2,1-3H3. The van der Waals surface area contributed by atoms with Crippen molar-refractivity contribution in [3.8, 4) is 11.1 Å². The predicted octanol–water partition coefficient (Wildman–Crippen LogP) is 1.85. The van der Waals surface area contributed by atoms with Gasteiger partial charge in [0.1, 0.15) is 0 Å². The van der Waals surface area contributed by atoms with E-state index in [-0.39, 0.29) is 11.5 Å². The number of fused-ring (bicyclic) bond motifs is 1. The normalized spacial score (nSPS) is 14.1. The monoisotopic (exact) mass is 297 g/mol. The van der Waals surface area contributed by atoms with Crippen LogP contribution in [0.15, 0.2) is 29.2 Å². The minimum absolute atomic E-state index is 0.00869. The van der Waals surface area contributed by atoms with Crippen LogP contribution in [0.1, 0.15) is 17.5 Å². The van der Waals surface area contributed by atoms with Crippen molar-refractivity contribution in [1.29, 1.82) is 0 Å². The Morgan fingerprint density at radius 1 is 1.09 bits per heavy atom. The van der Waals surface area contributed by atoms with Gasteiger partial charge in [0, 0.05) is 54.8 Å². The number of hydrogen-bond donors (Lipinski definition) is 1. The third-order valence-electron chi connectivity index (χ3n) is 4.27. The second-order valence-electron chi connectivity index (χ2n) is 5.85. The molecule has 1 amide bonds. The van der Waals surface area contributed by atoms with Gasteiger partial charge in [-0.1, -0.05) is 0 Å². The van der Waals surface area contributed by atoms with Gasteiger partial charge in [0.25, 0.3) is 5.56 Å². The first-order valence-electron chi connectivity index (χ1n) is 7.25. The van der Waals surface area contributed by atoms with E-state index >= 15 is 0 Å². The van der Waals surface area contributed by atoms with Gasteiger partial charge in [0.05, 0.1) is 0 Å². The number of hydrogen-bond acceptors (Lipinski definition) is 3. The molecule has 3 rings (SSSR count). The molecule has 1 aromatic carbocycles. The van der Waals surface area contributed by atoms with Crippen LogP contribution in [0.3, 0.4) is 0 Å². The van der Waals surface area contributed by atoms with Gasteiger partial charge < -0.3 is 15.2 Å². The fourth-order valence-corrected chi connectivity index (χ4v) is 2.98. The van der Waals surface area contributed by atoms with Crippen LogP contribution in [0.2, 0.25) is 0 Å². The molecule has 5 nitrogen and oxygen atoms in total. The Labute approximate surface area is 129 Å². The molecule has 0 unspecified atom stereocenters. The summed E-state index contributed by atoms with van der Waals surface area (Å²) in [5, 5.41) is 0. The zero-order valence-corrected chi connectivity index (χ0v) is 13.0. The third kappa shape index (κ3) is 2.19. The largest absolute Gasteiger partial charge is 0.398 e. The van der Waals surface area contributed by atoms with Gasteiger partial charge in [-0.2, -0.15) is 0 Å². The molecule has 2 N–H and O–H groups in total. The van der Waals surface area contributed by atoms with Crippen molar-refractivity contribution in [1.82, 2.24) is 4.57 Å². The van der Waals surface area contributed by atoms with Crippen LogP contribution in [-0.2, 0) is 18.3 Å². The maximum atomic E-state index is 11.8. The molecule has 0 fully saturated rings. The number of anilines is 2. The van der Waals surface area contributed by atoms with Crippen molar-refractivity contribution in [2.24, 2.45) is 7.05 Å². The van der Waals surface area contributed by atoms with Gasteiger partial charge in [-0.25, -0.2) is 0 Å². The second-order valence-corrected chi connectivity index (χ2v) is 5.85. The first-order chi connectivity index (χ1) is 10.4. The summed E-state index contributed by atoms with van der Waals surface area (Å²) < 4.78 is 1.57. The molecular weight excluding hydrogens is 278 g/mol. The number of amides is 1. The fraction of sp³-hybridized carbons (Fsp3) is 0.294. The minimum Gasteiger partial charge on any atom is -0.398 e. The van der Waals surface area contributed by atoms with E-state index in [4.69, 9.17) is 5.73 Å². The number of nitrogens with two attached hydrogens (primary N) is 1. The molecule has 22 heavy (non-hydrogen) atoms. The number of carbonyl (C=O) groups excluding carboxylic acids is 1. The molecule has 0 aliphatic carbocycles. The molecule has 0 bridgehead atoms. The SMILES string of the molecule is Cc1cc(-c2cc3c(cc2N)N(C)C(=O)CC3)cn(C)c1=O. The smallest absolute Gasteiger partial charge is 0.253 e. The van der Waals surface area contributed by atoms with E-state index in [0.29, 0.717) is 17.7 Å². The molecule has 1 aliphatic heterocycles. The van der Waals surface area contributed by atoms with Crippen molar-refractivity contribution in [3.05, 3.63) is 45.9 Å². The topological polar surface area (TPSA) is 68.3 Å². The highest BCUT2D eigenvalue weighted by molar-refractivity contribution is 5.97. The summed E-state index contributed by atoms with van der Waals surface area (Å²) in [7, 11) is 3.51. The van der Waals surface area contributed by atoms with Crippen LogP contribution in [0, 0.1) is 6.92 Å². The van der Waals surface area contributed by atoms with E-state index in [1.54, 1.807) is 36.7 Å². The van der Waals surface area contributed by atoms with Crippen molar-refractivity contribution in [2.75, 3.05) is 17.7 Å². The van der Waals surface area contributed by atoms with E-state index in [1.165, 1.54) is 0 Å². The van der Waals surface area contributed by atoms with E-state index in [1.807, 2.05) is 18.2 Å². The Bertz CT molecular complexity index is 810. The molecule has 1 aromatic heterocycles. The summed E-state index contributed by atoms with van der Waals surface area (Å²) in [4.78, 5) is 25.3. The van der Waals surface area contributed by atoms with E-state index in [2.05, 4.69) is 0 Å². The first-order valence-corrected chi connectivity index (χ1v) is 7.25. The number of aromatic nitrogens is 1. The maximum Gasteiger partial charge on any atom is 0.253 e. The summed E-state index contributed by atoms with van der Waals surface area (Å²) in [5.41, 5.74) is 11.3. The number of carbonyl (C=O) groups is 1. The van der Waals surface area contributed by atoms with E-state index in [0.717, 1.165) is 28.8 Å². The average Bonchev–Trinajstić information content (AvgIpc) is 2.48.